The Balaban J connectivity index is 1.15. The van der Waals surface area contributed by atoms with E-state index < -0.39 is 0 Å². The molecule has 254 valence electrons. The summed E-state index contributed by atoms with van der Waals surface area (Å²) in [5.41, 5.74) is 14.1. The maximum Gasteiger partial charge on any atom is 0.160 e. The lowest BCUT2D eigenvalue weighted by Gasteiger charge is -2.14. The summed E-state index contributed by atoms with van der Waals surface area (Å²) in [6.45, 7) is 0. The Morgan fingerprint density at radius 2 is 0.964 bits per heavy atom. The fourth-order valence-corrected chi connectivity index (χ4v) is 8.63. The van der Waals surface area contributed by atoms with Gasteiger partial charge >= 0.3 is 0 Å². The van der Waals surface area contributed by atoms with Crippen LogP contribution in [0.25, 0.3) is 116 Å². The largest absolute Gasteiger partial charge is 0.308 e. The minimum atomic E-state index is 0.680. The highest BCUT2D eigenvalue weighted by Crippen LogP contribution is 2.51. The fraction of sp³-hybridized carbons (Fsp3) is 0. The molecule has 3 aromatic heterocycles. The summed E-state index contributed by atoms with van der Waals surface area (Å²) in [5.74, 6) is 0.680. The van der Waals surface area contributed by atoms with Crippen molar-refractivity contribution in [3.8, 4) is 62.1 Å². The van der Waals surface area contributed by atoms with Gasteiger partial charge in [0, 0.05) is 60.4 Å². The van der Waals surface area contributed by atoms with Crippen LogP contribution < -0.4 is 0 Å². The molecule has 0 fully saturated rings. The topological polar surface area (TPSA) is 56.5 Å². The highest BCUT2D eigenvalue weighted by molar-refractivity contribution is 6.29. The summed E-state index contributed by atoms with van der Waals surface area (Å²) in [6, 6.07) is 61.8. The average molecular weight is 700 g/mol. The van der Waals surface area contributed by atoms with Gasteiger partial charge in [0.2, 0.25) is 0 Å². The van der Waals surface area contributed by atoms with Crippen molar-refractivity contribution in [2.24, 2.45) is 0 Å². The van der Waals surface area contributed by atoms with Gasteiger partial charge in [0.05, 0.1) is 44.8 Å². The van der Waals surface area contributed by atoms with Gasteiger partial charge in [-0.15, -0.1) is 0 Å². The van der Waals surface area contributed by atoms with E-state index in [1.165, 1.54) is 37.8 Å². The van der Waals surface area contributed by atoms with Crippen LogP contribution in [-0.2, 0) is 0 Å². The Morgan fingerprint density at radius 3 is 1.71 bits per heavy atom. The van der Waals surface area contributed by atoms with Crippen LogP contribution in [0.3, 0.4) is 0 Å². The zero-order valence-corrected chi connectivity index (χ0v) is 29.5. The summed E-state index contributed by atoms with van der Waals surface area (Å²) >= 11 is 0. The third-order valence-corrected chi connectivity index (χ3v) is 11.1. The first-order chi connectivity index (χ1) is 27.3. The second kappa shape index (κ2) is 11.5. The van der Waals surface area contributed by atoms with E-state index in [1.54, 1.807) is 0 Å². The number of benzene rings is 8. The molecule has 5 nitrogen and oxygen atoms in total. The monoisotopic (exact) mass is 699 g/mol. The molecule has 3 heterocycles. The molecule has 0 unspecified atom stereocenters. The minimum Gasteiger partial charge on any atom is -0.308 e. The van der Waals surface area contributed by atoms with Crippen molar-refractivity contribution in [2.45, 2.75) is 0 Å². The molecule has 0 amide bonds. The van der Waals surface area contributed by atoms with Crippen molar-refractivity contribution in [3.63, 3.8) is 0 Å². The Morgan fingerprint density at radius 1 is 0.364 bits per heavy atom. The van der Waals surface area contributed by atoms with E-state index in [0.717, 1.165) is 72.8 Å². The van der Waals surface area contributed by atoms with E-state index in [2.05, 4.69) is 144 Å². The standard InChI is InChI=1S/C50H29N5/c1-3-14-31(15-4-1)43-29-44(32-16-5-2-6-17-32)54-50(53-43)33-18-11-19-34(27-33)55-48-35-20-8-7-13-30(35)25-26-36(48)39-28-40-45-37(21-12-22-38(45)49(39)55)46-47(40)52-42-24-10-9-23-41(42)51-46/h1-29H. The summed E-state index contributed by atoms with van der Waals surface area (Å²) in [6.07, 6.45) is 0. The van der Waals surface area contributed by atoms with Crippen LogP contribution in [0.15, 0.2) is 176 Å². The summed E-state index contributed by atoms with van der Waals surface area (Å²) < 4.78 is 2.46. The molecular weight excluding hydrogens is 671 g/mol. The number of hydrogen-bond donors (Lipinski definition) is 0. The zero-order chi connectivity index (χ0) is 36.0. The molecular formula is C50H29N5. The van der Waals surface area contributed by atoms with Crippen LogP contribution in [-0.4, -0.2) is 24.5 Å². The molecule has 0 aliphatic heterocycles. The first kappa shape index (κ1) is 30.0. The first-order valence-electron chi connectivity index (χ1n) is 18.6. The van der Waals surface area contributed by atoms with Gasteiger partial charge in [-0.3, -0.25) is 0 Å². The van der Waals surface area contributed by atoms with Gasteiger partial charge < -0.3 is 4.57 Å². The molecule has 0 atom stereocenters. The fourth-order valence-electron chi connectivity index (χ4n) is 8.63. The molecule has 0 saturated carbocycles. The van der Waals surface area contributed by atoms with E-state index in [-0.39, 0.29) is 0 Å². The number of hydrogen-bond acceptors (Lipinski definition) is 4. The lowest BCUT2D eigenvalue weighted by molar-refractivity contribution is 1.16. The van der Waals surface area contributed by atoms with E-state index in [4.69, 9.17) is 19.9 Å². The highest BCUT2D eigenvalue weighted by atomic mass is 15.0. The van der Waals surface area contributed by atoms with Gasteiger partial charge in [0.15, 0.2) is 5.82 Å². The van der Waals surface area contributed by atoms with Crippen molar-refractivity contribution in [3.05, 3.63) is 176 Å². The van der Waals surface area contributed by atoms with Crippen LogP contribution in [0.2, 0.25) is 0 Å². The van der Waals surface area contributed by atoms with E-state index in [0.29, 0.717) is 5.82 Å². The summed E-state index contributed by atoms with van der Waals surface area (Å²) in [7, 11) is 0. The SMILES string of the molecule is c1ccc(-c2cc(-c3ccccc3)nc(-c3cccc(-n4c5c6ccccc6ccc5c5cc6c7c(cccc7c54)-c4nc5ccccc5nc4-6)c3)n2)cc1. The molecule has 1 aliphatic carbocycles. The minimum absolute atomic E-state index is 0.680. The van der Waals surface area contributed by atoms with E-state index in [9.17, 15) is 0 Å². The quantitative estimate of drug-likeness (QED) is 0.183. The van der Waals surface area contributed by atoms with Gasteiger partial charge in [0.1, 0.15) is 0 Å². The van der Waals surface area contributed by atoms with Crippen LogP contribution in [0.1, 0.15) is 0 Å². The van der Waals surface area contributed by atoms with E-state index in [1.807, 2.05) is 36.4 Å². The van der Waals surface area contributed by atoms with Gasteiger partial charge in [-0.25, -0.2) is 19.9 Å². The summed E-state index contributed by atoms with van der Waals surface area (Å²) in [5, 5.41) is 7.14. The van der Waals surface area contributed by atoms with Crippen LogP contribution in [0.5, 0.6) is 0 Å². The molecule has 11 aromatic rings. The molecule has 0 N–H and O–H groups in total. The van der Waals surface area contributed by atoms with Gasteiger partial charge in [-0.1, -0.05) is 140 Å². The smallest absolute Gasteiger partial charge is 0.160 e. The second-order valence-electron chi connectivity index (χ2n) is 14.2. The Bertz CT molecular complexity index is 3310. The zero-order valence-electron chi connectivity index (χ0n) is 29.5. The highest BCUT2D eigenvalue weighted by Gasteiger charge is 2.29. The van der Waals surface area contributed by atoms with Crippen molar-refractivity contribution in [2.75, 3.05) is 0 Å². The predicted molar refractivity (Wildman–Crippen MR) is 225 cm³/mol. The Labute approximate surface area is 315 Å². The molecule has 0 spiro atoms. The van der Waals surface area contributed by atoms with Crippen LogP contribution in [0, 0.1) is 0 Å². The molecule has 12 rings (SSSR count). The molecule has 8 aromatic carbocycles. The Hall–Kier alpha value is -7.50. The number of para-hydroxylation sites is 2. The lowest BCUT2D eigenvalue weighted by atomic mass is 9.99. The van der Waals surface area contributed by atoms with E-state index >= 15 is 0 Å². The molecule has 0 radical (unpaired) electrons. The van der Waals surface area contributed by atoms with Crippen molar-refractivity contribution < 1.29 is 0 Å². The average Bonchev–Trinajstić information content (AvgIpc) is 3.77. The number of aromatic nitrogens is 5. The molecule has 1 aliphatic rings. The molecule has 0 saturated heterocycles. The Kier molecular flexibility index (Phi) is 6.27. The maximum atomic E-state index is 5.22. The van der Waals surface area contributed by atoms with Crippen molar-refractivity contribution >= 4 is 54.4 Å². The van der Waals surface area contributed by atoms with Crippen LogP contribution in [0.4, 0.5) is 0 Å². The molecule has 55 heavy (non-hydrogen) atoms. The number of rotatable bonds is 4. The second-order valence-corrected chi connectivity index (χ2v) is 14.2. The third kappa shape index (κ3) is 4.47. The third-order valence-electron chi connectivity index (χ3n) is 11.1. The number of nitrogens with zero attached hydrogens (tertiary/aromatic N) is 5. The van der Waals surface area contributed by atoms with Gasteiger partial charge in [0.25, 0.3) is 0 Å². The molecule has 5 heteroatoms. The lowest BCUT2D eigenvalue weighted by Crippen LogP contribution is -1.99. The maximum absolute atomic E-state index is 5.22. The van der Waals surface area contributed by atoms with Gasteiger partial charge in [-0.05, 0) is 41.8 Å². The van der Waals surface area contributed by atoms with Crippen molar-refractivity contribution in [1.82, 2.24) is 24.5 Å². The predicted octanol–water partition coefficient (Wildman–Crippen LogP) is 12.5. The number of fused-ring (bicyclic) bond motifs is 10. The van der Waals surface area contributed by atoms with Crippen LogP contribution >= 0.6 is 0 Å². The van der Waals surface area contributed by atoms with Gasteiger partial charge in [-0.2, -0.15) is 0 Å². The normalized spacial score (nSPS) is 12.0. The molecule has 0 bridgehead atoms. The van der Waals surface area contributed by atoms with Crippen molar-refractivity contribution in [1.29, 1.82) is 0 Å². The first-order valence-corrected chi connectivity index (χ1v) is 18.6. The summed E-state index contributed by atoms with van der Waals surface area (Å²) in [4.78, 5) is 20.8.